The summed E-state index contributed by atoms with van der Waals surface area (Å²) in [5, 5.41) is 16.7. The van der Waals surface area contributed by atoms with E-state index in [1.165, 1.54) is 6.07 Å². The molecule has 0 saturated carbocycles. The molecule has 9 heteroatoms. The van der Waals surface area contributed by atoms with Gasteiger partial charge in [0.25, 0.3) is 5.91 Å². The van der Waals surface area contributed by atoms with Gasteiger partial charge >= 0.3 is 0 Å². The van der Waals surface area contributed by atoms with Crippen molar-refractivity contribution in [3.05, 3.63) is 65.8 Å². The molecule has 3 aliphatic heterocycles. The number of carbonyl (C=O) groups is 1. The number of benzene rings is 1. The van der Waals surface area contributed by atoms with Gasteiger partial charge in [0.2, 0.25) is 0 Å². The lowest BCUT2D eigenvalue weighted by molar-refractivity contribution is -0.118. The number of aliphatic hydroxyl groups is 1. The summed E-state index contributed by atoms with van der Waals surface area (Å²) < 4.78 is 19.2. The molecule has 1 fully saturated rings. The standard InChI is InChI=1S/C25H28FN5O3/c1-16-2-3-17-4-5-19(26)10-21(17)31(16)9-8-30-13-18(22(32)14-30)11-27-12-20-6-7-23-25(28-20)29-24(33)15-34-23/h2-7,10,18,22,27,32H,1,8-9,11-15H2,(H,28,29,33)/t18-,22-/m1/s1. The van der Waals surface area contributed by atoms with Crippen molar-refractivity contribution in [2.75, 3.05) is 49.5 Å². The first-order valence-electron chi connectivity index (χ1n) is 11.4. The van der Waals surface area contributed by atoms with E-state index in [9.17, 15) is 14.3 Å². The molecule has 3 aliphatic rings. The first-order chi connectivity index (χ1) is 16.5. The normalized spacial score (nSPS) is 21.8. The Morgan fingerprint density at radius 3 is 3.00 bits per heavy atom. The molecule has 2 aromatic rings. The van der Waals surface area contributed by atoms with E-state index in [-0.39, 0.29) is 24.2 Å². The zero-order valence-corrected chi connectivity index (χ0v) is 18.8. The maximum atomic E-state index is 13.8. The molecule has 1 saturated heterocycles. The van der Waals surface area contributed by atoms with Crippen LogP contribution in [0.1, 0.15) is 11.3 Å². The number of halogens is 1. The Morgan fingerprint density at radius 2 is 2.12 bits per heavy atom. The van der Waals surface area contributed by atoms with Gasteiger partial charge in [-0.3, -0.25) is 9.69 Å². The van der Waals surface area contributed by atoms with Crippen molar-refractivity contribution in [3.63, 3.8) is 0 Å². The molecule has 4 heterocycles. The van der Waals surface area contributed by atoms with Crippen LogP contribution in [0, 0.1) is 11.7 Å². The van der Waals surface area contributed by atoms with Gasteiger partial charge in [-0.15, -0.1) is 0 Å². The van der Waals surface area contributed by atoms with Crippen molar-refractivity contribution < 1.29 is 19.0 Å². The van der Waals surface area contributed by atoms with Crippen LogP contribution in [-0.4, -0.2) is 66.3 Å². The minimum Gasteiger partial charge on any atom is -0.480 e. The van der Waals surface area contributed by atoms with Gasteiger partial charge in [0.15, 0.2) is 18.2 Å². The second-order valence-electron chi connectivity index (χ2n) is 8.88. The van der Waals surface area contributed by atoms with Gasteiger partial charge in [0.1, 0.15) is 5.82 Å². The van der Waals surface area contributed by atoms with Crippen LogP contribution < -0.4 is 20.3 Å². The number of likely N-dealkylation sites (tertiary alicyclic amines) is 1. The van der Waals surface area contributed by atoms with Crippen molar-refractivity contribution in [3.8, 4) is 5.75 Å². The highest BCUT2D eigenvalue weighted by molar-refractivity contribution is 5.94. The van der Waals surface area contributed by atoms with Gasteiger partial charge in [-0.2, -0.15) is 0 Å². The molecular formula is C25H28FN5O3. The minimum absolute atomic E-state index is 0.00825. The SMILES string of the molecule is C=C1C=Cc2ccc(F)cc2N1CCN1C[C@@H](CNCc2ccc3c(n2)NC(=O)CO3)[C@H](O)C1. The number of fused-ring (bicyclic) bond motifs is 2. The number of ether oxygens (including phenoxy) is 1. The Bertz CT molecular complexity index is 1140. The highest BCUT2D eigenvalue weighted by Gasteiger charge is 2.31. The smallest absolute Gasteiger partial charge is 0.263 e. The van der Waals surface area contributed by atoms with Crippen LogP contribution in [0.4, 0.5) is 15.9 Å². The molecular weight excluding hydrogens is 437 g/mol. The molecule has 1 aromatic heterocycles. The Kier molecular flexibility index (Phi) is 6.32. The summed E-state index contributed by atoms with van der Waals surface area (Å²) >= 11 is 0. The average molecular weight is 466 g/mol. The van der Waals surface area contributed by atoms with Crippen molar-refractivity contribution in [2.24, 2.45) is 5.92 Å². The van der Waals surface area contributed by atoms with Gasteiger partial charge in [-0.1, -0.05) is 12.7 Å². The van der Waals surface area contributed by atoms with Crippen molar-refractivity contribution in [1.29, 1.82) is 0 Å². The zero-order valence-electron chi connectivity index (χ0n) is 18.8. The number of β-amino-alcohol motifs (C(OH)–C–C–N with tert-alkyl or cyclic N) is 1. The Balaban J connectivity index is 1.12. The van der Waals surface area contributed by atoms with Crippen LogP contribution in [0.2, 0.25) is 0 Å². The highest BCUT2D eigenvalue weighted by atomic mass is 19.1. The maximum Gasteiger partial charge on any atom is 0.263 e. The van der Waals surface area contributed by atoms with Gasteiger partial charge < -0.3 is 25.4 Å². The summed E-state index contributed by atoms with van der Waals surface area (Å²) in [6.07, 6.45) is 3.47. The fourth-order valence-corrected chi connectivity index (χ4v) is 4.64. The van der Waals surface area contributed by atoms with Crippen molar-refractivity contribution in [1.82, 2.24) is 15.2 Å². The number of hydrogen-bond donors (Lipinski definition) is 3. The molecule has 34 heavy (non-hydrogen) atoms. The Labute approximate surface area is 197 Å². The number of carbonyl (C=O) groups excluding carboxylic acids is 1. The quantitative estimate of drug-likeness (QED) is 0.576. The number of amides is 1. The van der Waals surface area contributed by atoms with Crippen LogP contribution in [0.5, 0.6) is 5.75 Å². The largest absolute Gasteiger partial charge is 0.480 e. The maximum absolute atomic E-state index is 13.8. The summed E-state index contributed by atoms with van der Waals surface area (Å²) in [4.78, 5) is 20.2. The van der Waals surface area contributed by atoms with E-state index in [0.29, 0.717) is 37.7 Å². The number of allylic oxidation sites excluding steroid dienone is 1. The summed E-state index contributed by atoms with van der Waals surface area (Å²) in [6.45, 7) is 8.04. The van der Waals surface area contributed by atoms with Crippen LogP contribution >= 0.6 is 0 Å². The minimum atomic E-state index is -0.425. The fraction of sp³-hybridized carbons (Fsp3) is 0.360. The Hall–Kier alpha value is -3.27. The summed E-state index contributed by atoms with van der Waals surface area (Å²) in [5.74, 6) is 0.630. The number of nitrogens with one attached hydrogen (secondary N) is 2. The van der Waals surface area contributed by atoms with Crippen LogP contribution in [0.15, 0.2) is 48.7 Å². The summed E-state index contributed by atoms with van der Waals surface area (Å²) in [5.41, 5.74) is 3.41. The van der Waals surface area contributed by atoms with E-state index >= 15 is 0 Å². The lowest BCUT2D eigenvalue weighted by Gasteiger charge is -2.31. The van der Waals surface area contributed by atoms with Gasteiger partial charge in [-0.25, -0.2) is 9.37 Å². The molecule has 0 unspecified atom stereocenters. The summed E-state index contributed by atoms with van der Waals surface area (Å²) in [7, 11) is 0. The van der Waals surface area contributed by atoms with Gasteiger partial charge in [-0.05, 0) is 42.0 Å². The molecule has 1 amide bonds. The highest BCUT2D eigenvalue weighted by Crippen LogP contribution is 2.31. The average Bonchev–Trinajstić information content (AvgIpc) is 3.17. The second kappa shape index (κ2) is 9.54. The monoisotopic (exact) mass is 465 g/mol. The molecule has 8 nitrogen and oxygen atoms in total. The predicted molar refractivity (Wildman–Crippen MR) is 128 cm³/mol. The van der Waals surface area contributed by atoms with E-state index < -0.39 is 6.10 Å². The topological polar surface area (TPSA) is 90.0 Å². The molecule has 5 rings (SSSR count). The van der Waals surface area contributed by atoms with Crippen molar-refractivity contribution in [2.45, 2.75) is 12.6 Å². The third kappa shape index (κ3) is 4.82. The number of aliphatic hydroxyl groups excluding tert-OH is 1. The number of hydrogen-bond acceptors (Lipinski definition) is 7. The lowest BCUT2D eigenvalue weighted by atomic mass is 10.1. The number of aromatic nitrogens is 1. The third-order valence-corrected chi connectivity index (χ3v) is 6.45. The molecule has 2 atom stereocenters. The van der Waals surface area contributed by atoms with Crippen molar-refractivity contribution >= 4 is 23.5 Å². The molecule has 0 bridgehead atoms. The molecule has 0 spiro atoms. The number of anilines is 2. The predicted octanol–water partition coefficient (Wildman–Crippen LogP) is 1.98. The van der Waals surface area contributed by atoms with E-state index in [2.05, 4.69) is 27.1 Å². The second-order valence-corrected chi connectivity index (χ2v) is 8.88. The fourth-order valence-electron chi connectivity index (χ4n) is 4.64. The molecule has 178 valence electrons. The van der Waals surface area contributed by atoms with Crippen LogP contribution in [-0.2, 0) is 11.3 Å². The first-order valence-corrected chi connectivity index (χ1v) is 11.4. The summed E-state index contributed by atoms with van der Waals surface area (Å²) in [6, 6.07) is 8.45. The van der Waals surface area contributed by atoms with E-state index in [4.69, 9.17) is 4.74 Å². The number of rotatable bonds is 7. The van der Waals surface area contributed by atoms with Crippen LogP contribution in [0.3, 0.4) is 0 Å². The lowest BCUT2D eigenvalue weighted by Crippen LogP contribution is -2.35. The van der Waals surface area contributed by atoms with Gasteiger partial charge in [0.05, 0.1) is 17.5 Å². The molecule has 1 aromatic carbocycles. The van der Waals surface area contributed by atoms with Crippen LogP contribution in [0.25, 0.3) is 6.08 Å². The Morgan fingerprint density at radius 1 is 1.24 bits per heavy atom. The molecule has 0 aliphatic carbocycles. The number of pyridine rings is 1. The number of nitrogens with zero attached hydrogens (tertiary/aromatic N) is 3. The first kappa shape index (κ1) is 22.5. The molecule has 3 N–H and O–H groups in total. The zero-order chi connectivity index (χ0) is 23.7. The van der Waals surface area contributed by atoms with E-state index in [1.54, 1.807) is 18.2 Å². The molecule has 0 radical (unpaired) electrons. The third-order valence-electron chi connectivity index (χ3n) is 6.45. The van der Waals surface area contributed by atoms with Gasteiger partial charge in [0, 0.05) is 50.9 Å². The van der Waals surface area contributed by atoms with E-state index in [1.807, 2.05) is 23.1 Å². The van der Waals surface area contributed by atoms with E-state index in [0.717, 1.165) is 35.7 Å².